The van der Waals surface area contributed by atoms with Gasteiger partial charge in [-0.3, -0.25) is 4.79 Å². The summed E-state index contributed by atoms with van der Waals surface area (Å²) < 4.78 is 47.8. The molecular formula is C23H33F3N2O3. The minimum absolute atomic E-state index is 0.142. The zero-order chi connectivity index (χ0) is 22.8. The fourth-order valence-electron chi connectivity index (χ4n) is 5.17. The van der Waals surface area contributed by atoms with Crippen molar-refractivity contribution >= 4 is 5.97 Å². The maximum Gasteiger partial charge on any atom is 0.420 e. The molecule has 0 amide bonds. The van der Waals surface area contributed by atoms with Crippen LogP contribution in [0.5, 0.6) is 5.75 Å². The van der Waals surface area contributed by atoms with Crippen LogP contribution in [-0.4, -0.2) is 54.3 Å². The summed E-state index contributed by atoms with van der Waals surface area (Å²) in [4.78, 5) is 13.4. The lowest BCUT2D eigenvalue weighted by molar-refractivity contribution is -0.141. The number of rotatable bonds is 7. The molecule has 0 radical (unpaired) electrons. The number of hydrogen-bond acceptors (Lipinski definition) is 4. The van der Waals surface area contributed by atoms with Crippen molar-refractivity contribution in [3.05, 3.63) is 29.3 Å². The summed E-state index contributed by atoms with van der Waals surface area (Å²) in [7, 11) is 4.17. The number of halogens is 3. The number of aliphatic carboxylic acids is 1. The smallest absolute Gasteiger partial charge is 0.420 e. The van der Waals surface area contributed by atoms with E-state index in [9.17, 15) is 18.0 Å². The molecule has 0 spiro atoms. The van der Waals surface area contributed by atoms with Crippen LogP contribution in [0.25, 0.3) is 0 Å². The Kier molecular flexibility index (Phi) is 7.21. The molecule has 1 heterocycles. The van der Waals surface area contributed by atoms with Crippen molar-refractivity contribution in [2.45, 2.75) is 75.7 Å². The number of benzene rings is 1. The number of carboxylic acid groups (broad SMARTS) is 1. The molecule has 1 saturated carbocycles. The highest BCUT2D eigenvalue weighted by Crippen LogP contribution is 2.43. The monoisotopic (exact) mass is 442 g/mol. The predicted molar refractivity (Wildman–Crippen MR) is 112 cm³/mol. The van der Waals surface area contributed by atoms with E-state index in [-0.39, 0.29) is 35.7 Å². The molecule has 174 valence electrons. The van der Waals surface area contributed by atoms with E-state index in [2.05, 4.69) is 31.2 Å². The molecule has 0 aromatic heterocycles. The fraction of sp³-hybridized carbons (Fsp3) is 0.696. The number of hydrogen-bond donors (Lipinski definition) is 2. The predicted octanol–water partition coefficient (Wildman–Crippen LogP) is 4.34. The van der Waals surface area contributed by atoms with Gasteiger partial charge in [0.2, 0.25) is 0 Å². The second kappa shape index (κ2) is 9.36. The Bertz CT molecular complexity index is 774. The van der Waals surface area contributed by atoms with Crippen molar-refractivity contribution in [3.8, 4) is 5.75 Å². The van der Waals surface area contributed by atoms with Crippen LogP contribution in [0.2, 0.25) is 0 Å². The molecule has 0 unspecified atom stereocenters. The number of carboxylic acids is 1. The third kappa shape index (κ3) is 5.34. The Morgan fingerprint density at radius 2 is 1.97 bits per heavy atom. The number of ether oxygens (including phenoxy) is 1. The van der Waals surface area contributed by atoms with Crippen molar-refractivity contribution in [3.63, 3.8) is 0 Å². The molecule has 1 aliphatic carbocycles. The van der Waals surface area contributed by atoms with Crippen molar-refractivity contribution in [1.82, 2.24) is 10.2 Å². The van der Waals surface area contributed by atoms with Gasteiger partial charge in [-0.2, -0.15) is 13.2 Å². The summed E-state index contributed by atoms with van der Waals surface area (Å²) in [5.41, 5.74) is -0.303. The van der Waals surface area contributed by atoms with Gasteiger partial charge in [0.15, 0.2) is 0 Å². The molecule has 8 heteroatoms. The van der Waals surface area contributed by atoms with E-state index in [1.165, 1.54) is 6.07 Å². The fourth-order valence-corrected chi connectivity index (χ4v) is 5.17. The zero-order valence-corrected chi connectivity index (χ0v) is 18.5. The van der Waals surface area contributed by atoms with E-state index in [1.807, 2.05) is 0 Å². The summed E-state index contributed by atoms with van der Waals surface area (Å²) in [6.07, 6.45) is 0.210. The van der Waals surface area contributed by atoms with Crippen LogP contribution in [0.4, 0.5) is 13.2 Å². The van der Waals surface area contributed by atoms with Gasteiger partial charge in [0.25, 0.3) is 0 Å². The highest BCUT2D eigenvalue weighted by Gasteiger charge is 2.40. The van der Waals surface area contributed by atoms with Crippen LogP contribution in [0.3, 0.4) is 0 Å². The Balaban J connectivity index is 1.76. The number of carbonyl (C=O) groups is 1. The average Bonchev–Trinajstić information content (AvgIpc) is 3.16. The molecule has 2 aliphatic rings. The highest BCUT2D eigenvalue weighted by molar-refractivity contribution is 5.73. The van der Waals surface area contributed by atoms with Crippen LogP contribution >= 0.6 is 0 Å². The average molecular weight is 443 g/mol. The Morgan fingerprint density at radius 3 is 2.48 bits per heavy atom. The maximum absolute atomic E-state index is 14.0. The van der Waals surface area contributed by atoms with Gasteiger partial charge in [0.05, 0.1) is 0 Å². The molecule has 0 bridgehead atoms. The number of nitrogens with zero attached hydrogens (tertiary/aromatic N) is 1. The molecule has 31 heavy (non-hydrogen) atoms. The normalized spacial score (nSPS) is 29.3. The zero-order valence-electron chi connectivity index (χ0n) is 18.5. The Labute approximate surface area is 181 Å². The summed E-state index contributed by atoms with van der Waals surface area (Å²) in [6.45, 7) is 2.39. The topological polar surface area (TPSA) is 61.8 Å². The summed E-state index contributed by atoms with van der Waals surface area (Å²) in [5, 5.41) is 11.9. The van der Waals surface area contributed by atoms with Gasteiger partial charge >= 0.3 is 12.1 Å². The first-order valence-electron chi connectivity index (χ1n) is 11.0. The van der Waals surface area contributed by atoms with Crippen LogP contribution < -0.4 is 10.1 Å². The SMILES string of the molecule is CC[C@]1(N(C)C)CC[C@H](Cc2cccc(O[C@H]3CN[C@@H](C(=O)O)C3)c2C(F)(F)F)CC1. The van der Waals surface area contributed by atoms with E-state index < -0.39 is 29.9 Å². The molecule has 2 N–H and O–H groups in total. The van der Waals surface area contributed by atoms with E-state index in [4.69, 9.17) is 9.84 Å². The summed E-state index contributed by atoms with van der Waals surface area (Å²) in [5.74, 6) is -1.01. The molecule has 5 nitrogen and oxygen atoms in total. The maximum atomic E-state index is 14.0. The van der Waals surface area contributed by atoms with Gasteiger partial charge in [-0.25, -0.2) is 0 Å². The lowest BCUT2D eigenvalue weighted by Gasteiger charge is -2.45. The lowest BCUT2D eigenvalue weighted by Crippen LogP contribution is -2.46. The number of nitrogens with one attached hydrogen (secondary N) is 1. The molecule has 1 aromatic rings. The van der Waals surface area contributed by atoms with E-state index in [0.29, 0.717) is 6.42 Å². The number of alkyl halides is 3. The van der Waals surface area contributed by atoms with Crippen molar-refractivity contribution in [2.75, 3.05) is 20.6 Å². The van der Waals surface area contributed by atoms with Crippen LogP contribution in [0.1, 0.15) is 56.6 Å². The highest BCUT2D eigenvalue weighted by atomic mass is 19.4. The molecule has 1 aromatic carbocycles. The minimum atomic E-state index is -4.53. The Hall–Kier alpha value is -1.80. The van der Waals surface area contributed by atoms with Crippen molar-refractivity contribution in [2.24, 2.45) is 5.92 Å². The molecule has 1 aliphatic heterocycles. The van der Waals surface area contributed by atoms with Crippen LogP contribution in [0, 0.1) is 5.92 Å². The van der Waals surface area contributed by atoms with Gasteiger partial charge in [0.1, 0.15) is 23.5 Å². The first-order chi connectivity index (χ1) is 14.6. The second-order valence-corrected chi connectivity index (χ2v) is 9.18. The third-order valence-corrected chi connectivity index (χ3v) is 7.23. The van der Waals surface area contributed by atoms with Crippen molar-refractivity contribution < 1.29 is 27.8 Å². The first kappa shape index (κ1) is 23.9. The quantitative estimate of drug-likeness (QED) is 0.658. The minimum Gasteiger partial charge on any atom is -0.488 e. The molecule has 2 atom stereocenters. The molecule has 1 saturated heterocycles. The van der Waals surface area contributed by atoms with Gasteiger partial charge in [-0.15, -0.1) is 0 Å². The van der Waals surface area contributed by atoms with Gasteiger partial charge in [-0.1, -0.05) is 19.1 Å². The van der Waals surface area contributed by atoms with Gasteiger partial charge in [0, 0.05) is 18.5 Å². The van der Waals surface area contributed by atoms with Crippen LogP contribution in [0.15, 0.2) is 18.2 Å². The molecule has 3 rings (SSSR count). The first-order valence-corrected chi connectivity index (χ1v) is 11.0. The van der Waals surface area contributed by atoms with Gasteiger partial charge < -0.3 is 20.1 Å². The standard InChI is InChI=1S/C23H33F3N2O3/c1-4-22(28(2)3)10-8-15(9-11-22)12-16-6-5-7-19(20(16)23(24,25)26)31-17-13-18(21(29)30)27-14-17/h5-7,15,17-18,27H,4,8-14H2,1-3H3,(H,29,30)/t15-,17-,18-,22-/m1/s1. The third-order valence-electron chi connectivity index (χ3n) is 7.23. The summed E-state index contributed by atoms with van der Waals surface area (Å²) >= 11 is 0. The van der Waals surface area contributed by atoms with E-state index >= 15 is 0 Å². The largest absolute Gasteiger partial charge is 0.488 e. The second-order valence-electron chi connectivity index (χ2n) is 9.18. The molecular weight excluding hydrogens is 409 g/mol. The van der Waals surface area contributed by atoms with Crippen molar-refractivity contribution in [1.29, 1.82) is 0 Å². The summed E-state index contributed by atoms with van der Waals surface area (Å²) in [6, 6.07) is 3.71. The Morgan fingerprint density at radius 1 is 1.29 bits per heavy atom. The van der Waals surface area contributed by atoms with E-state index in [1.54, 1.807) is 12.1 Å². The van der Waals surface area contributed by atoms with E-state index in [0.717, 1.165) is 32.1 Å². The van der Waals surface area contributed by atoms with Gasteiger partial charge in [-0.05, 0) is 70.2 Å². The van der Waals surface area contributed by atoms with Crippen LogP contribution in [-0.2, 0) is 17.4 Å². The molecule has 2 fully saturated rings. The lowest BCUT2D eigenvalue weighted by atomic mass is 9.72.